The van der Waals surface area contributed by atoms with Gasteiger partial charge in [-0.25, -0.2) is 0 Å². The van der Waals surface area contributed by atoms with Crippen LogP contribution in [0.15, 0.2) is 11.6 Å². The Morgan fingerprint density at radius 3 is 2.47 bits per heavy atom. The average molecular weight is 419 g/mol. The van der Waals surface area contributed by atoms with Gasteiger partial charge in [-0.05, 0) is 78.9 Å². The zero-order valence-corrected chi connectivity index (χ0v) is 20.0. The molecule has 3 nitrogen and oxygen atoms in total. The second-order valence-electron chi connectivity index (χ2n) is 12.6. The van der Waals surface area contributed by atoms with Gasteiger partial charge in [0.1, 0.15) is 0 Å². The molecule has 0 aromatic rings. The molecule has 0 spiro atoms. The van der Waals surface area contributed by atoms with Crippen LogP contribution in [0.2, 0.25) is 0 Å². The van der Waals surface area contributed by atoms with Gasteiger partial charge in [0.2, 0.25) is 0 Å². The number of aliphatic hydroxyl groups is 3. The Morgan fingerprint density at radius 2 is 1.77 bits per heavy atom. The summed E-state index contributed by atoms with van der Waals surface area (Å²) in [4.78, 5) is 0. The molecule has 4 rings (SSSR count). The van der Waals surface area contributed by atoms with E-state index in [1.165, 1.54) is 24.8 Å². The molecule has 3 N–H and O–H groups in total. The molecule has 3 saturated carbocycles. The molecule has 3 fully saturated rings. The highest BCUT2D eigenvalue weighted by Crippen LogP contribution is 2.68. The summed E-state index contributed by atoms with van der Waals surface area (Å²) in [6.07, 6.45) is 12.6. The maximum atomic E-state index is 11.3. The largest absolute Gasteiger partial charge is 0.393 e. The summed E-state index contributed by atoms with van der Waals surface area (Å²) in [5.41, 5.74) is 1.72. The van der Waals surface area contributed by atoms with Crippen molar-refractivity contribution in [1.29, 1.82) is 0 Å². The highest BCUT2D eigenvalue weighted by atomic mass is 16.5. The number of allylic oxidation sites excluding steroid dienone is 1. The van der Waals surface area contributed by atoms with E-state index >= 15 is 0 Å². The number of rotatable bonds is 5. The first-order chi connectivity index (χ1) is 14.0. The van der Waals surface area contributed by atoms with Gasteiger partial charge < -0.3 is 15.3 Å². The average Bonchev–Trinajstić information content (AvgIpc) is 2.87. The minimum absolute atomic E-state index is 0.0190. The van der Waals surface area contributed by atoms with E-state index in [4.69, 9.17) is 0 Å². The SMILES string of the molecule is CC(C)CCC[C@@H](C)[C@H]1C(O)(O)C[C@H]2[C@@H]3CC=C4C[C@@H](O)CC[C@]4(C)[C@H]3CC[C@@]21C. The molecular weight excluding hydrogens is 372 g/mol. The van der Waals surface area contributed by atoms with Crippen LogP contribution in [0.3, 0.4) is 0 Å². The number of hydrogen-bond acceptors (Lipinski definition) is 3. The Labute approximate surface area is 184 Å². The lowest BCUT2D eigenvalue weighted by atomic mass is 9.47. The Morgan fingerprint density at radius 1 is 1.03 bits per heavy atom. The minimum atomic E-state index is -1.53. The third-order valence-corrected chi connectivity index (χ3v) is 10.3. The lowest BCUT2D eigenvalue weighted by Gasteiger charge is -2.58. The molecule has 0 bridgehead atoms. The van der Waals surface area contributed by atoms with Crippen LogP contribution in [0.25, 0.3) is 0 Å². The van der Waals surface area contributed by atoms with Gasteiger partial charge in [-0.1, -0.05) is 65.5 Å². The van der Waals surface area contributed by atoms with E-state index in [0.29, 0.717) is 36.0 Å². The molecule has 8 atom stereocenters. The monoisotopic (exact) mass is 418 g/mol. The van der Waals surface area contributed by atoms with E-state index in [0.717, 1.165) is 38.5 Å². The van der Waals surface area contributed by atoms with E-state index in [2.05, 4.69) is 40.7 Å². The Kier molecular flexibility index (Phi) is 5.99. The van der Waals surface area contributed by atoms with Crippen molar-refractivity contribution in [2.45, 2.75) is 111 Å². The molecule has 0 heterocycles. The summed E-state index contributed by atoms with van der Waals surface area (Å²) >= 11 is 0. The highest BCUT2D eigenvalue weighted by molar-refractivity contribution is 5.26. The number of aliphatic hydroxyl groups excluding tert-OH is 1. The first kappa shape index (κ1) is 22.8. The Bertz CT molecular complexity index is 667. The van der Waals surface area contributed by atoms with E-state index in [1.54, 1.807) is 0 Å². The van der Waals surface area contributed by atoms with E-state index < -0.39 is 5.79 Å². The minimum Gasteiger partial charge on any atom is -0.393 e. The molecule has 0 saturated heterocycles. The molecule has 3 heteroatoms. The van der Waals surface area contributed by atoms with Crippen LogP contribution in [-0.2, 0) is 0 Å². The normalized spacial score (nSPS) is 46.0. The summed E-state index contributed by atoms with van der Waals surface area (Å²) in [6.45, 7) is 11.6. The second-order valence-corrected chi connectivity index (χ2v) is 12.6. The third kappa shape index (κ3) is 3.61. The molecule has 0 radical (unpaired) electrons. The first-order valence-electron chi connectivity index (χ1n) is 12.8. The lowest BCUT2D eigenvalue weighted by molar-refractivity contribution is -0.210. The zero-order valence-electron chi connectivity index (χ0n) is 20.0. The molecule has 0 aromatic carbocycles. The van der Waals surface area contributed by atoms with Crippen LogP contribution < -0.4 is 0 Å². The van der Waals surface area contributed by atoms with Gasteiger partial charge in [0.25, 0.3) is 0 Å². The molecule has 172 valence electrons. The van der Waals surface area contributed by atoms with Crippen LogP contribution in [0.4, 0.5) is 0 Å². The standard InChI is InChI=1S/C27H46O3/c1-17(2)7-6-8-18(3)24-26(5)14-12-22-21(23(26)16-27(24,29)30)10-9-19-15-20(28)11-13-25(19,22)4/h9,17-18,20-24,28-30H,6-8,10-16H2,1-5H3/t18-,20+,21-,22+,23+,24-,25+,26+/m1/s1. The summed E-state index contributed by atoms with van der Waals surface area (Å²) in [6, 6.07) is 0. The van der Waals surface area contributed by atoms with Crippen LogP contribution in [-0.4, -0.2) is 27.2 Å². The van der Waals surface area contributed by atoms with Crippen LogP contribution in [0, 0.1) is 46.3 Å². The molecule has 4 aliphatic rings. The van der Waals surface area contributed by atoms with Crippen molar-refractivity contribution >= 4 is 0 Å². The fourth-order valence-corrected chi connectivity index (χ4v) is 8.86. The maximum Gasteiger partial charge on any atom is 0.166 e. The molecule has 4 aliphatic carbocycles. The molecule has 0 unspecified atom stereocenters. The summed E-state index contributed by atoms with van der Waals surface area (Å²) in [5, 5.41) is 32.7. The summed E-state index contributed by atoms with van der Waals surface area (Å²) in [7, 11) is 0. The predicted octanol–water partition coefficient (Wildman–Crippen LogP) is 5.68. The van der Waals surface area contributed by atoms with Gasteiger partial charge in [-0.15, -0.1) is 0 Å². The zero-order chi connectivity index (χ0) is 21.9. The van der Waals surface area contributed by atoms with Crippen molar-refractivity contribution in [3.63, 3.8) is 0 Å². The first-order valence-corrected chi connectivity index (χ1v) is 12.8. The fraction of sp³-hybridized carbons (Fsp3) is 0.926. The van der Waals surface area contributed by atoms with Crippen LogP contribution in [0.5, 0.6) is 0 Å². The summed E-state index contributed by atoms with van der Waals surface area (Å²) < 4.78 is 0. The smallest absolute Gasteiger partial charge is 0.166 e. The van der Waals surface area contributed by atoms with Crippen molar-refractivity contribution in [2.75, 3.05) is 0 Å². The van der Waals surface area contributed by atoms with Crippen molar-refractivity contribution in [1.82, 2.24) is 0 Å². The Balaban J connectivity index is 1.58. The molecule has 0 amide bonds. The van der Waals surface area contributed by atoms with Gasteiger partial charge in [0.15, 0.2) is 5.79 Å². The molecule has 0 aliphatic heterocycles. The van der Waals surface area contributed by atoms with Gasteiger partial charge in [0, 0.05) is 12.3 Å². The van der Waals surface area contributed by atoms with Gasteiger partial charge in [-0.2, -0.15) is 0 Å². The molecular formula is C27H46O3. The maximum absolute atomic E-state index is 11.3. The quantitative estimate of drug-likeness (QED) is 0.398. The van der Waals surface area contributed by atoms with Gasteiger partial charge >= 0.3 is 0 Å². The van der Waals surface area contributed by atoms with Gasteiger partial charge in [0.05, 0.1) is 6.10 Å². The molecule has 0 aromatic heterocycles. The predicted molar refractivity (Wildman–Crippen MR) is 122 cm³/mol. The van der Waals surface area contributed by atoms with Gasteiger partial charge in [-0.3, -0.25) is 0 Å². The summed E-state index contributed by atoms with van der Waals surface area (Å²) in [5.74, 6) is 1.10. The van der Waals surface area contributed by atoms with Crippen molar-refractivity contribution < 1.29 is 15.3 Å². The Hall–Kier alpha value is -0.380. The van der Waals surface area contributed by atoms with Crippen molar-refractivity contribution in [3.05, 3.63) is 11.6 Å². The van der Waals surface area contributed by atoms with E-state index in [9.17, 15) is 15.3 Å². The van der Waals surface area contributed by atoms with E-state index in [1.807, 2.05) is 0 Å². The molecule has 30 heavy (non-hydrogen) atoms. The highest BCUT2D eigenvalue weighted by Gasteiger charge is 2.65. The lowest BCUT2D eigenvalue weighted by Crippen LogP contribution is -2.51. The number of fused-ring (bicyclic) bond motifs is 5. The third-order valence-electron chi connectivity index (χ3n) is 10.3. The van der Waals surface area contributed by atoms with Crippen molar-refractivity contribution in [3.8, 4) is 0 Å². The second kappa shape index (κ2) is 7.89. The fourth-order valence-electron chi connectivity index (χ4n) is 8.86. The van der Waals surface area contributed by atoms with E-state index in [-0.39, 0.29) is 22.9 Å². The number of hydrogen-bond donors (Lipinski definition) is 3. The van der Waals surface area contributed by atoms with Crippen molar-refractivity contribution in [2.24, 2.45) is 46.3 Å². The van der Waals surface area contributed by atoms with Crippen LogP contribution in [0.1, 0.15) is 98.8 Å². The van der Waals surface area contributed by atoms with Crippen LogP contribution >= 0.6 is 0 Å². The topological polar surface area (TPSA) is 60.7 Å².